The van der Waals surface area contributed by atoms with Crippen molar-refractivity contribution in [2.75, 3.05) is 5.32 Å². The number of pyridine rings is 1. The molecule has 1 amide bonds. The minimum absolute atomic E-state index is 0.116. The molecular formula is C15H16N2O2. The number of hydrogen-bond acceptors (Lipinski definition) is 3. The van der Waals surface area contributed by atoms with Crippen LogP contribution in [0.2, 0.25) is 0 Å². The molecule has 0 saturated carbocycles. The Kier molecular flexibility index (Phi) is 4.13. The van der Waals surface area contributed by atoms with Crippen molar-refractivity contribution in [3.05, 3.63) is 53.9 Å². The van der Waals surface area contributed by atoms with E-state index in [4.69, 9.17) is 4.74 Å². The highest BCUT2D eigenvalue weighted by molar-refractivity contribution is 5.90. The Morgan fingerprint density at radius 3 is 2.89 bits per heavy atom. The third-order valence-electron chi connectivity index (χ3n) is 2.56. The number of aromatic nitrogens is 1. The molecule has 1 N–H and O–H groups in total. The van der Waals surface area contributed by atoms with E-state index >= 15 is 0 Å². The fraction of sp³-hybridized carbons (Fsp3) is 0.200. The Morgan fingerprint density at radius 2 is 2.21 bits per heavy atom. The van der Waals surface area contributed by atoms with E-state index in [-0.39, 0.29) is 5.91 Å². The first-order chi connectivity index (χ1) is 9.15. The second kappa shape index (κ2) is 6.00. The molecule has 1 aromatic heterocycles. The van der Waals surface area contributed by atoms with Crippen LogP contribution in [-0.2, 0) is 11.4 Å². The summed E-state index contributed by atoms with van der Waals surface area (Å²) < 4.78 is 5.75. The molecule has 0 unspecified atom stereocenters. The predicted octanol–water partition coefficient (Wildman–Crippen LogP) is 2.93. The van der Waals surface area contributed by atoms with Gasteiger partial charge in [0.15, 0.2) is 0 Å². The van der Waals surface area contributed by atoms with Crippen LogP contribution in [0, 0.1) is 6.92 Å². The first-order valence-corrected chi connectivity index (χ1v) is 6.05. The third-order valence-corrected chi connectivity index (χ3v) is 2.56. The van der Waals surface area contributed by atoms with Crippen molar-refractivity contribution < 1.29 is 9.53 Å². The Hall–Kier alpha value is -2.36. The van der Waals surface area contributed by atoms with E-state index in [0.29, 0.717) is 18.0 Å². The lowest BCUT2D eigenvalue weighted by atomic mass is 10.2. The predicted molar refractivity (Wildman–Crippen MR) is 74.1 cm³/mol. The molecule has 0 saturated heterocycles. The Morgan fingerprint density at radius 1 is 1.37 bits per heavy atom. The molecule has 0 aliphatic rings. The van der Waals surface area contributed by atoms with Gasteiger partial charge in [-0.2, -0.15) is 0 Å². The Bertz CT molecular complexity index is 568. The van der Waals surface area contributed by atoms with Crippen molar-refractivity contribution in [1.82, 2.24) is 4.98 Å². The van der Waals surface area contributed by atoms with Crippen molar-refractivity contribution in [3.8, 4) is 5.75 Å². The number of carbonyl (C=O) groups excluding carboxylic acids is 1. The van der Waals surface area contributed by atoms with Crippen LogP contribution in [-0.4, -0.2) is 10.9 Å². The van der Waals surface area contributed by atoms with Crippen LogP contribution in [0.3, 0.4) is 0 Å². The van der Waals surface area contributed by atoms with Crippen molar-refractivity contribution in [2.24, 2.45) is 0 Å². The van der Waals surface area contributed by atoms with Crippen molar-refractivity contribution in [3.63, 3.8) is 0 Å². The molecule has 0 bridgehead atoms. The molecular weight excluding hydrogens is 240 g/mol. The molecule has 1 aromatic carbocycles. The van der Waals surface area contributed by atoms with Gasteiger partial charge >= 0.3 is 0 Å². The summed E-state index contributed by atoms with van der Waals surface area (Å²) in [5.41, 5.74) is 2.75. The number of rotatable bonds is 4. The quantitative estimate of drug-likeness (QED) is 0.915. The minimum atomic E-state index is -0.116. The van der Waals surface area contributed by atoms with Crippen LogP contribution in [0.15, 0.2) is 42.7 Å². The van der Waals surface area contributed by atoms with E-state index in [0.717, 1.165) is 11.1 Å². The fourth-order valence-corrected chi connectivity index (χ4v) is 1.69. The summed E-state index contributed by atoms with van der Waals surface area (Å²) in [6.07, 6.45) is 3.48. The number of hydrogen-bond donors (Lipinski definition) is 1. The third kappa shape index (κ3) is 3.81. The van der Waals surface area contributed by atoms with Gasteiger partial charge in [0, 0.05) is 24.9 Å². The molecule has 0 spiro atoms. The first kappa shape index (κ1) is 13.1. The van der Waals surface area contributed by atoms with Gasteiger partial charge in [-0.15, -0.1) is 0 Å². The number of aryl methyl sites for hydroxylation is 1. The molecule has 4 nitrogen and oxygen atoms in total. The monoisotopic (exact) mass is 256 g/mol. The summed E-state index contributed by atoms with van der Waals surface area (Å²) >= 11 is 0. The highest BCUT2D eigenvalue weighted by atomic mass is 16.5. The van der Waals surface area contributed by atoms with Gasteiger partial charge in [-0.25, -0.2) is 0 Å². The summed E-state index contributed by atoms with van der Waals surface area (Å²) in [6.45, 7) is 3.88. The first-order valence-electron chi connectivity index (χ1n) is 6.05. The zero-order chi connectivity index (χ0) is 13.7. The molecule has 2 aromatic rings. The summed E-state index contributed by atoms with van der Waals surface area (Å²) in [7, 11) is 0. The number of carbonyl (C=O) groups is 1. The maximum Gasteiger partial charge on any atom is 0.221 e. The van der Waals surface area contributed by atoms with Gasteiger partial charge in [0.05, 0.1) is 5.69 Å². The lowest BCUT2D eigenvalue weighted by Gasteiger charge is -2.12. The van der Waals surface area contributed by atoms with Crippen LogP contribution in [0.1, 0.15) is 18.1 Å². The largest absolute Gasteiger partial charge is 0.487 e. The van der Waals surface area contributed by atoms with Crippen LogP contribution in [0.4, 0.5) is 5.69 Å². The lowest BCUT2D eigenvalue weighted by molar-refractivity contribution is -0.114. The molecule has 1 heterocycles. The second-order valence-electron chi connectivity index (χ2n) is 4.33. The summed E-state index contributed by atoms with van der Waals surface area (Å²) in [4.78, 5) is 15.2. The van der Waals surface area contributed by atoms with Gasteiger partial charge in [-0.05, 0) is 30.7 Å². The van der Waals surface area contributed by atoms with Crippen molar-refractivity contribution in [2.45, 2.75) is 20.5 Å². The second-order valence-corrected chi connectivity index (χ2v) is 4.33. The highest BCUT2D eigenvalue weighted by Gasteiger charge is 2.06. The van der Waals surface area contributed by atoms with Gasteiger partial charge in [0.1, 0.15) is 12.4 Å². The van der Waals surface area contributed by atoms with Gasteiger partial charge in [-0.3, -0.25) is 9.78 Å². The maximum absolute atomic E-state index is 11.1. The van der Waals surface area contributed by atoms with Crippen molar-refractivity contribution in [1.29, 1.82) is 0 Å². The SMILES string of the molecule is CC(=O)Nc1ccc(C)cc1OCc1cccnc1. The zero-order valence-corrected chi connectivity index (χ0v) is 11.0. The zero-order valence-electron chi connectivity index (χ0n) is 11.0. The van der Waals surface area contributed by atoms with Crippen LogP contribution < -0.4 is 10.1 Å². The average Bonchev–Trinajstić information content (AvgIpc) is 2.40. The number of benzene rings is 1. The van der Waals surface area contributed by atoms with Gasteiger partial charge < -0.3 is 10.1 Å². The smallest absolute Gasteiger partial charge is 0.221 e. The van der Waals surface area contributed by atoms with Crippen molar-refractivity contribution >= 4 is 11.6 Å². The standard InChI is InChI=1S/C15H16N2O2/c1-11-5-6-14(17-12(2)18)15(8-11)19-10-13-4-3-7-16-9-13/h3-9H,10H2,1-2H3,(H,17,18). The van der Waals surface area contributed by atoms with Crippen LogP contribution >= 0.6 is 0 Å². The molecule has 98 valence electrons. The lowest BCUT2D eigenvalue weighted by Crippen LogP contribution is -2.08. The maximum atomic E-state index is 11.1. The number of amides is 1. The minimum Gasteiger partial charge on any atom is -0.487 e. The van der Waals surface area contributed by atoms with E-state index in [2.05, 4.69) is 10.3 Å². The normalized spacial score (nSPS) is 10.0. The average molecular weight is 256 g/mol. The summed E-state index contributed by atoms with van der Waals surface area (Å²) in [6, 6.07) is 9.49. The number of anilines is 1. The number of nitrogens with one attached hydrogen (secondary N) is 1. The van der Waals surface area contributed by atoms with E-state index in [9.17, 15) is 4.79 Å². The molecule has 19 heavy (non-hydrogen) atoms. The molecule has 0 fully saturated rings. The fourth-order valence-electron chi connectivity index (χ4n) is 1.69. The van der Waals surface area contributed by atoms with E-state index in [1.807, 2.05) is 37.3 Å². The summed E-state index contributed by atoms with van der Waals surface area (Å²) in [5, 5.41) is 2.76. The number of nitrogens with zero attached hydrogens (tertiary/aromatic N) is 1. The van der Waals surface area contributed by atoms with Crippen LogP contribution in [0.5, 0.6) is 5.75 Å². The molecule has 0 aliphatic carbocycles. The summed E-state index contributed by atoms with van der Waals surface area (Å²) in [5.74, 6) is 0.550. The van der Waals surface area contributed by atoms with E-state index in [1.165, 1.54) is 6.92 Å². The molecule has 4 heteroatoms. The molecule has 0 radical (unpaired) electrons. The molecule has 0 aliphatic heterocycles. The van der Waals surface area contributed by atoms with Gasteiger partial charge in [0.2, 0.25) is 5.91 Å². The van der Waals surface area contributed by atoms with Gasteiger partial charge in [0.25, 0.3) is 0 Å². The Balaban J connectivity index is 2.14. The number of ether oxygens (including phenoxy) is 1. The topological polar surface area (TPSA) is 51.2 Å². The van der Waals surface area contributed by atoms with Crippen LogP contribution in [0.25, 0.3) is 0 Å². The van der Waals surface area contributed by atoms with Gasteiger partial charge in [-0.1, -0.05) is 12.1 Å². The van der Waals surface area contributed by atoms with E-state index < -0.39 is 0 Å². The molecule has 2 rings (SSSR count). The van der Waals surface area contributed by atoms with E-state index in [1.54, 1.807) is 12.4 Å². The Labute approximate surface area is 112 Å². The highest BCUT2D eigenvalue weighted by Crippen LogP contribution is 2.26. The molecule has 0 atom stereocenters.